The second kappa shape index (κ2) is 10.6. The lowest BCUT2D eigenvalue weighted by molar-refractivity contribution is -0.384. The first-order valence-electron chi connectivity index (χ1n) is 8.29. The lowest BCUT2D eigenvalue weighted by Gasteiger charge is -2.12. The molecule has 11 heteroatoms. The van der Waals surface area contributed by atoms with Gasteiger partial charge in [-0.05, 0) is 43.4 Å². The van der Waals surface area contributed by atoms with Crippen LogP contribution in [-0.2, 0) is 9.59 Å². The van der Waals surface area contributed by atoms with Gasteiger partial charge in [0, 0.05) is 12.1 Å². The normalized spacial score (nSPS) is 9.83. The van der Waals surface area contributed by atoms with Gasteiger partial charge in [-0.3, -0.25) is 35.9 Å². The van der Waals surface area contributed by atoms with Crippen molar-refractivity contribution < 1.29 is 24.0 Å². The first kappa shape index (κ1) is 21.6. The summed E-state index contributed by atoms with van der Waals surface area (Å²) in [4.78, 5) is 33.5. The number of rotatable bonds is 7. The van der Waals surface area contributed by atoms with Gasteiger partial charge in [-0.15, -0.1) is 0 Å². The fourth-order valence-electron chi connectivity index (χ4n) is 1.95. The molecule has 0 aliphatic rings. The molecule has 0 aromatic heterocycles. The third kappa shape index (κ3) is 7.81. The quantitative estimate of drug-likeness (QED) is 0.349. The van der Waals surface area contributed by atoms with E-state index >= 15 is 0 Å². The SMILES string of the molecule is Cc1ccc(OCC(=O)NC(=S)NNC(=O)COc2ccc([N+](=O)[O-])cc2)cc1. The fraction of sp³-hybridized carbons (Fsp3) is 0.167. The monoisotopic (exact) mass is 418 g/mol. The molecule has 0 saturated carbocycles. The van der Waals surface area contributed by atoms with Gasteiger partial charge in [-0.25, -0.2) is 0 Å². The third-order valence-corrected chi connectivity index (χ3v) is 3.58. The van der Waals surface area contributed by atoms with E-state index in [4.69, 9.17) is 21.7 Å². The molecule has 0 heterocycles. The first-order valence-corrected chi connectivity index (χ1v) is 8.69. The van der Waals surface area contributed by atoms with Crippen LogP contribution in [0.4, 0.5) is 5.69 Å². The molecule has 0 unspecified atom stereocenters. The summed E-state index contributed by atoms with van der Waals surface area (Å²) in [6.07, 6.45) is 0. The average molecular weight is 418 g/mol. The van der Waals surface area contributed by atoms with Gasteiger partial charge in [-0.2, -0.15) is 0 Å². The lowest BCUT2D eigenvalue weighted by Crippen LogP contribution is -2.50. The Morgan fingerprint density at radius 3 is 2.00 bits per heavy atom. The summed E-state index contributed by atoms with van der Waals surface area (Å²) in [5, 5.41) is 12.8. The Labute approximate surface area is 171 Å². The van der Waals surface area contributed by atoms with Crippen molar-refractivity contribution in [1.29, 1.82) is 0 Å². The number of nitrogens with one attached hydrogen (secondary N) is 3. The van der Waals surface area contributed by atoms with E-state index in [1.807, 2.05) is 19.1 Å². The number of hydrogen-bond donors (Lipinski definition) is 3. The van der Waals surface area contributed by atoms with Crippen LogP contribution in [0.5, 0.6) is 11.5 Å². The summed E-state index contributed by atoms with van der Waals surface area (Å²) >= 11 is 4.90. The summed E-state index contributed by atoms with van der Waals surface area (Å²) in [5.74, 6) is -0.244. The van der Waals surface area contributed by atoms with Crippen molar-refractivity contribution in [3.8, 4) is 11.5 Å². The average Bonchev–Trinajstić information content (AvgIpc) is 2.70. The van der Waals surface area contributed by atoms with Gasteiger partial charge in [0.05, 0.1) is 4.92 Å². The number of hydrogen-bond acceptors (Lipinski definition) is 7. The molecule has 0 spiro atoms. The molecule has 2 amide bonds. The molecule has 0 saturated heterocycles. The van der Waals surface area contributed by atoms with Crippen molar-refractivity contribution in [2.24, 2.45) is 0 Å². The van der Waals surface area contributed by atoms with Gasteiger partial charge in [0.2, 0.25) is 0 Å². The summed E-state index contributed by atoms with van der Waals surface area (Å²) in [5.41, 5.74) is 5.59. The summed E-state index contributed by atoms with van der Waals surface area (Å²) in [6, 6.07) is 12.5. The van der Waals surface area contributed by atoms with Gasteiger partial charge in [0.1, 0.15) is 11.5 Å². The largest absolute Gasteiger partial charge is 0.484 e. The maximum Gasteiger partial charge on any atom is 0.276 e. The van der Waals surface area contributed by atoms with Crippen LogP contribution in [0.15, 0.2) is 48.5 Å². The number of hydrazine groups is 1. The minimum absolute atomic E-state index is 0.0871. The number of ether oxygens (including phenoxy) is 2. The number of non-ortho nitro benzene ring substituents is 1. The van der Waals surface area contributed by atoms with Crippen molar-refractivity contribution >= 4 is 34.8 Å². The van der Waals surface area contributed by atoms with E-state index in [1.54, 1.807) is 12.1 Å². The van der Waals surface area contributed by atoms with Gasteiger partial charge in [0.25, 0.3) is 17.5 Å². The number of amides is 2. The van der Waals surface area contributed by atoms with Gasteiger partial charge in [0.15, 0.2) is 18.3 Å². The third-order valence-electron chi connectivity index (χ3n) is 3.38. The van der Waals surface area contributed by atoms with Crippen LogP contribution < -0.4 is 25.6 Å². The Hall–Kier alpha value is -3.73. The zero-order valence-electron chi connectivity index (χ0n) is 15.3. The molecule has 0 aliphatic heterocycles. The second-order valence-electron chi connectivity index (χ2n) is 5.69. The van der Waals surface area contributed by atoms with E-state index in [0.717, 1.165) is 5.56 Å². The van der Waals surface area contributed by atoms with Crippen LogP contribution in [0.3, 0.4) is 0 Å². The number of carbonyl (C=O) groups excluding carboxylic acids is 2. The molecule has 2 aromatic carbocycles. The van der Waals surface area contributed by atoms with Crippen molar-refractivity contribution in [3.05, 3.63) is 64.2 Å². The van der Waals surface area contributed by atoms with Crippen LogP contribution in [0, 0.1) is 17.0 Å². The number of aryl methyl sites for hydroxylation is 1. The highest BCUT2D eigenvalue weighted by Crippen LogP contribution is 2.17. The minimum atomic E-state index is -0.573. The molecular formula is C18H18N4O6S. The zero-order valence-corrected chi connectivity index (χ0v) is 16.2. The van der Waals surface area contributed by atoms with Crippen LogP contribution in [-0.4, -0.2) is 35.1 Å². The van der Waals surface area contributed by atoms with E-state index in [9.17, 15) is 19.7 Å². The highest BCUT2D eigenvalue weighted by molar-refractivity contribution is 7.80. The molecule has 29 heavy (non-hydrogen) atoms. The Kier molecular flexibility index (Phi) is 7.86. The molecule has 0 bridgehead atoms. The van der Waals surface area contributed by atoms with E-state index in [-0.39, 0.29) is 29.8 Å². The molecular weight excluding hydrogens is 400 g/mol. The molecule has 2 aromatic rings. The Morgan fingerprint density at radius 1 is 0.931 bits per heavy atom. The van der Waals surface area contributed by atoms with Crippen molar-refractivity contribution in [3.63, 3.8) is 0 Å². The topological polar surface area (TPSA) is 132 Å². The molecule has 0 atom stereocenters. The number of nitro groups is 1. The minimum Gasteiger partial charge on any atom is -0.484 e. The zero-order chi connectivity index (χ0) is 21.2. The molecule has 152 valence electrons. The molecule has 2 rings (SSSR count). The highest BCUT2D eigenvalue weighted by atomic mass is 32.1. The van der Waals surface area contributed by atoms with Gasteiger partial charge >= 0.3 is 0 Å². The Bertz CT molecular complexity index is 886. The van der Waals surface area contributed by atoms with E-state index in [0.29, 0.717) is 5.75 Å². The molecule has 0 aliphatic carbocycles. The van der Waals surface area contributed by atoms with Crippen LogP contribution in [0.2, 0.25) is 0 Å². The predicted molar refractivity (Wildman–Crippen MR) is 107 cm³/mol. The van der Waals surface area contributed by atoms with E-state index < -0.39 is 16.7 Å². The first-order chi connectivity index (χ1) is 13.8. The fourth-order valence-corrected chi connectivity index (χ4v) is 2.12. The molecule has 3 N–H and O–H groups in total. The molecule has 0 fully saturated rings. The summed E-state index contributed by atoms with van der Waals surface area (Å²) in [6.45, 7) is 1.33. The maximum atomic E-state index is 11.8. The van der Waals surface area contributed by atoms with Crippen molar-refractivity contribution in [1.82, 2.24) is 16.2 Å². The van der Waals surface area contributed by atoms with Gasteiger partial charge < -0.3 is 9.47 Å². The highest BCUT2D eigenvalue weighted by Gasteiger charge is 2.09. The number of thiocarbonyl (C=S) groups is 1. The van der Waals surface area contributed by atoms with Crippen LogP contribution in [0.1, 0.15) is 5.56 Å². The number of nitrogens with zero attached hydrogens (tertiary/aromatic N) is 1. The van der Waals surface area contributed by atoms with Gasteiger partial charge in [-0.1, -0.05) is 17.7 Å². The van der Waals surface area contributed by atoms with Crippen LogP contribution >= 0.6 is 12.2 Å². The lowest BCUT2D eigenvalue weighted by atomic mass is 10.2. The second-order valence-corrected chi connectivity index (χ2v) is 6.10. The predicted octanol–water partition coefficient (Wildman–Crippen LogP) is 1.38. The summed E-state index contributed by atoms with van der Waals surface area (Å²) in [7, 11) is 0. The standard InChI is InChI=1S/C18H18N4O6S/c1-12-2-6-14(7-3-12)27-10-16(23)19-18(29)21-20-17(24)11-28-15-8-4-13(5-9-15)22(25)26/h2-9H,10-11H2,1H3,(H,20,24)(H2,19,21,23,29). The van der Waals surface area contributed by atoms with Crippen molar-refractivity contribution in [2.75, 3.05) is 13.2 Å². The van der Waals surface area contributed by atoms with E-state index in [2.05, 4.69) is 16.2 Å². The van der Waals surface area contributed by atoms with Crippen molar-refractivity contribution in [2.45, 2.75) is 6.92 Å². The van der Waals surface area contributed by atoms with Crippen LogP contribution in [0.25, 0.3) is 0 Å². The maximum absolute atomic E-state index is 11.8. The number of benzene rings is 2. The smallest absolute Gasteiger partial charge is 0.276 e. The number of nitro benzene ring substituents is 1. The molecule has 0 radical (unpaired) electrons. The molecule has 10 nitrogen and oxygen atoms in total. The number of carbonyl (C=O) groups is 2. The summed E-state index contributed by atoms with van der Waals surface area (Å²) < 4.78 is 10.5. The Morgan fingerprint density at radius 2 is 1.45 bits per heavy atom. The van der Waals surface area contributed by atoms with E-state index in [1.165, 1.54) is 24.3 Å². The Balaban J connectivity index is 1.64.